The predicted molar refractivity (Wildman–Crippen MR) is 189 cm³/mol. The number of fused-ring (bicyclic) bond motifs is 1. The Morgan fingerprint density at radius 1 is 0.961 bits per heavy atom. The first-order valence-corrected chi connectivity index (χ1v) is 17.6. The number of benzene rings is 3. The quantitative estimate of drug-likeness (QED) is 0.115. The minimum atomic E-state index is -0.893. The van der Waals surface area contributed by atoms with Crippen LogP contribution < -0.4 is 16.1 Å². The van der Waals surface area contributed by atoms with Crippen LogP contribution in [-0.2, 0) is 0 Å². The lowest BCUT2D eigenvalue weighted by molar-refractivity contribution is 0.0661. The molecule has 264 valence electrons. The van der Waals surface area contributed by atoms with E-state index in [9.17, 15) is 23.2 Å². The zero-order valence-electron chi connectivity index (χ0n) is 27.8. The van der Waals surface area contributed by atoms with Crippen LogP contribution in [0.5, 0.6) is 5.75 Å². The molecule has 0 radical (unpaired) electrons. The van der Waals surface area contributed by atoms with E-state index < -0.39 is 17.3 Å². The largest absolute Gasteiger partial charge is 0.493 e. The van der Waals surface area contributed by atoms with Crippen LogP contribution in [0.1, 0.15) is 58.0 Å². The first-order chi connectivity index (χ1) is 24.5. The number of hydrogen-bond acceptors (Lipinski definition) is 8. The van der Waals surface area contributed by atoms with Crippen LogP contribution in [0, 0.1) is 24.5 Å². The molecule has 2 aliphatic rings. The van der Waals surface area contributed by atoms with Gasteiger partial charge in [0, 0.05) is 60.4 Å². The summed E-state index contributed by atoms with van der Waals surface area (Å²) in [6.45, 7) is 4.43. The summed E-state index contributed by atoms with van der Waals surface area (Å²) >= 11 is 2.85. The Hall–Kier alpha value is -5.11. The highest BCUT2D eigenvalue weighted by atomic mass is 79.9. The van der Waals surface area contributed by atoms with Crippen molar-refractivity contribution in [3.8, 4) is 17.0 Å². The number of likely N-dealkylation sites (tertiary alicyclic amines) is 2. The van der Waals surface area contributed by atoms with E-state index in [0.717, 1.165) is 29.9 Å². The fourth-order valence-corrected chi connectivity index (χ4v) is 7.12. The average Bonchev–Trinajstić information content (AvgIpc) is 3.64. The van der Waals surface area contributed by atoms with Crippen LogP contribution in [0.25, 0.3) is 22.2 Å². The second-order valence-corrected chi connectivity index (χ2v) is 13.9. The average molecular weight is 762 g/mol. The topological polar surface area (TPSA) is 137 Å². The van der Waals surface area contributed by atoms with Crippen LogP contribution in [0.15, 0.2) is 74.5 Å². The number of aryl methyl sites for hydroxylation is 1. The Kier molecular flexibility index (Phi) is 9.60. The number of piperidine rings is 2. The third-order valence-electron chi connectivity index (χ3n) is 9.78. The van der Waals surface area contributed by atoms with Gasteiger partial charge in [-0.1, -0.05) is 11.3 Å². The van der Waals surface area contributed by atoms with Crippen LogP contribution >= 0.6 is 15.9 Å². The highest BCUT2D eigenvalue weighted by Crippen LogP contribution is 2.34. The normalized spacial score (nSPS) is 15.8. The van der Waals surface area contributed by atoms with E-state index >= 15 is 0 Å². The van der Waals surface area contributed by atoms with Gasteiger partial charge < -0.3 is 24.7 Å². The molecule has 0 aliphatic carbocycles. The summed E-state index contributed by atoms with van der Waals surface area (Å²) in [4.78, 5) is 42.3. The number of carbonyl (C=O) groups is 2. The van der Waals surface area contributed by atoms with E-state index in [0.29, 0.717) is 68.1 Å². The molecule has 51 heavy (non-hydrogen) atoms. The summed E-state index contributed by atoms with van der Waals surface area (Å²) < 4.78 is 41.2. The number of halogens is 3. The molecule has 0 bridgehead atoms. The van der Waals surface area contributed by atoms with Gasteiger partial charge in [-0.25, -0.2) is 18.3 Å². The van der Waals surface area contributed by atoms with E-state index in [-0.39, 0.29) is 45.2 Å². The molecule has 3 aromatic carbocycles. The van der Waals surface area contributed by atoms with Gasteiger partial charge in [-0.15, -0.1) is 5.10 Å². The van der Waals surface area contributed by atoms with Crippen LogP contribution in [-0.4, -0.2) is 69.4 Å². The molecule has 2 fully saturated rings. The van der Waals surface area contributed by atoms with Crippen molar-refractivity contribution < 1.29 is 27.5 Å². The molecule has 2 aromatic heterocycles. The first kappa shape index (κ1) is 34.3. The lowest BCUT2D eigenvalue weighted by atomic mass is 9.97. The fraction of sp³-hybridized carbons (Fsp3) is 0.324. The van der Waals surface area contributed by atoms with Gasteiger partial charge >= 0.3 is 5.63 Å². The van der Waals surface area contributed by atoms with Crippen molar-refractivity contribution in [2.45, 2.75) is 38.6 Å². The van der Waals surface area contributed by atoms with Crippen molar-refractivity contribution in [1.82, 2.24) is 24.8 Å². The minimum Gasteiger partial charge on any atom is -0.493 e. The lowest BCUT2D eigenvalue weighted by Crippen LogP contribution is -2.40. The van der Waals surface area contributed by atoms with Crippen LogP contribution in [0.3, 0.4) is 0 Å². The maximum absolute atomic E-state index is 14.3. The van der Waals surface area contributed by atoms with Gasteiger partial charge in [-0.2, -0.15) is 0 Å². The van der Waals surface area contributed by atoms with Crippen molar-refractivity contribution in [2.24, 2.45) is 5.92 Å². The van der Waals surface area contributed by atoms with Gasteiger partial charge in [0.1, 0.15) is 22.8 Å². The summed E-state index contributed by atoms with van der Waals surface area (Å²) in [5.74, 6) is -1.06. The molecular formula is C37H35BrF2N6O5. The minimum absolute atomic E-state index is 0.0673. The van der Waals surface area contributed by atoms with E-state index in [2.05, 4.69) is 26.2 Å². The molecule has 2 amide bonds. The zero-order valence-corrected chi connectivity index (χ0v) is 29.4. The number of carbonyl (C=O) groups excluding carboxylic acids is 2. The number of aromatic nitrogens is 3. The molecule has 7 rings (SSSR count). The highest BCUT2D eigenvalue weighted by molar-refractivity contribution is 9.10. The number of nitrogen functional groups attached to an aromatic ring is 1. The summed E-state index contributed by atoms with van der Waals surface area (Å²) in [7, 11) is 0. The molecule has 11 nitrogen and oxygen atoms in total. The highest BCUT2D eigenvalue weighted by Gasteiger charge is 2.28. The molecular weight excluding hydrogens is 726 g/mol. The number of nitrogens with zero attached hydrogens (tertiary/aromatic N) is 5. The van der Waals surface area contributed by atoms with Crippen molar-refractivity contribution in [1.29, 1.82) is 0 Å². The van der Waals surface area contributed by atoms with Gasteiger partial charge in [0.05, 0.1) is 29.0 Å². The van der Waals surface area contributed by atoms with Gasteiger partial charge in [0.15, 0.2) is 5.82 Å². The number of amides is 2. The number of nitrogens with two attached hydrogens (primary N) is 1. The Morgan fingerprint density at radius 2 is 1.63 bits per heavy atom. The van der Waals surface area contributed by atoms with Crippen molar-refractivity contribution in [3.63, 3.8) is 0 Å². The molecule has 0 atom stereocenters. The van der Waals surface area contributed by atoms with E-state index in [1.165, 1.54) is 6.07 Å². The molecule has 4 heterocycles. The molecule has 0 unspecified atom stereocenters. The Labute approximate surface area is 300 Å². The Morgan fingerprint density at radius 3 is 2.31 bits per heavy atom. The number of rotatable bonds is 7. The van der Waals surface area contributed by atoms with E-state index in [1.54, 1.807) is 46.1 Å². The molecule has 0 saturated carbocycles. The second kappa shape index (κ2) is 14.3. The first-order valence-electron chi connectivity index (χ1n) is 16.8. The smallest absolute Gasteiger partial charge is 0.336 e. The predicted octanol–water partition coefficient (Wildman–Crippen LogP) is 6.39. The van der Waals surface area contributed by atoms with Gasteiger partial charge in [-0.3, -0.25) is 9.59 Å². The Balaban J connectivity index is 0.912. The van der Waals surface area contributed by atoms with Gasteiger partial charge in [-0.05, 0) is 96.4 Å². The monoisotopic (exact) mass is 760 g/mol. The molecule has 14 heteroatoms. The standard InChI is InChI=1S/C37H35BrF2N6O5/c1-21-15-32(47)51-31-17-26(5-6-27(21)31)50-20-22-7-11-44(12-8-22)36(48)23-3-2-4-24(16-23)37(49)45-13-9-25(10-14-45)46-19-30(42-43-46)28-18-29(39)33(38)34(40)35(28)41/h2-6,15-19,22,25H,7-14,20,41H2,1H3. The van der Waals surface area contributed by atoms with Crippen LogP contribution in [0.4, 0.5) is 14.5 Å². The summed E-state index contributed by atoms with van der Waals surface area (Å²) in [6.07, 6.45) is 4.36. The van der Waals surface area contributed by atoms with Gasteiger partial charge in [0.25, 0.3) is 11.8 Å². The third-order valence-corrected chi connectivity index (χ3v) is 10.5. The maximum atomic E-state index is 14.3. The summed E-state index contributed by atoms with van der Waals surface area (Å²) in [5.41, 5.74) is 7.88. The number of anilines is 1. The summed E-state index contributed by atoms with van der Waals surface area (Å²) in [5, 5.41) is 9.13. The third kappa shape index (κ3) is 7.09. The van der Waals surface area contributed by atoms with Crippen molar-refractivity contribution in [3.05, 3.63) is 104 Å². The Bertz CT molecular complexity index is 2190. The molecule has 2 saturated heterocycles. The number of hydrogen-bond donors (Lipinski definition) is 1. The molecule has 0 spiro atoms. The van der Waals surface area contributed by atoms with E-state index in [1.807, 2.05) is 24.0 Å². The SMILES string of the molecule is Cc1cc(=O)oc2cc(OCC3CCN(C(=O)c4cccc(C(=O)N5CCC(n6cc(-c7cc(F)c(Br)c(F)c7N)nn6)CC5)c4)CC3)ccc12. The van der Waals surface area contributed by atoms with Crippen molar-refractivity contribution >= 4 is 44.4 Å². The maximum Gasteiger partial charge on any atom is 0.336 e. The van der Waals surface area contributed by atoms with Crippen LogP contribution in [0.2, 0.25) is 0 Å². The summed E-state index contributed by atoms with van der Waals surface area (Å²) in [6, 6.07) is 14.9. The zero-order chi connectivity index (χ0) is 35.8. The van der Waals surface area contributed by atoms with Crippen molar-refractivity contribution in [2.75, 3.05) is 38.5 Å². The molecule has 5 aromatic rings. The molecule has 2 aliphatic heterocycles. The molecule has 2 N–H and O–H groups in total. The van der Waals surface area contributed by atoms with Gasteiger partial charge in [0.2, 0.25) is 0 Å². The van der Waals surface area contributed by atoms with E-state index in [4.69, 9.17) is 14.9 Å². The number of ether oxygens (including phenoxy) is 1. The fourth-order valence-electron chi connectivity index (χ4n) is 6.80. The lowest BCUT2D eigenvalue weighted by Gasteiger charge is -2.33. The second-order valence-electron chi connectivity index (χ2n) is 13.1.